The van der Waals surface area contributed by atoms with Crippen molar-refractivity contribution in [3.8, 4) is 39.9 Å². The lowest BCUT2D eigenvalue weighted by Gasteiger charge is -2.10. The summed E-state index contributed by atoms with van der Waals surface area (Å²) in [6.07, 6.45) is 0. The van der Waals surface area contributed by atoms with Gasteiger partial charge in [0, 0.05) is 5.56 Å². The topological polar surface area (TPSA) is 121 Å². The molecule has 0 aliphatic heterocycles. The maximum atomic E-state index is 9.53. The summed E-state index contributed by atoms with van der Waals surface area (Å²) in [5.74, 6) is -2.55. The first-order chi connectivity index (χ1) is 8.93. The fourth-order valence-electron chi connectivity index (χ4n) is 1.74. The molecular formula is C13H12O6. The zero-order valence-corrected chi connectivity index (χ0v) is 9.70. The van der Waals surface area contributed by atoms with E-state index in [1.165, 1.54) is 24.3 Å². The molecule has 0 fully saturated rings. The molecule has 0 bridgehead atoms. The van der Waals surface area contributed by atoms with E-state index in [0.29, 0.717) is 11.1 Å². The molecule has 0 heterocycles. The second-order valence-electron chi connectivity index (χ2n) is 4.02. The van der Waals surface area contributed by atoms with Crippen molar-refractivity contribution in [2.24, 2.45) is 0 Å². The Balaban J connectivity index is 2.62. The molecule has 2 aromatic carbocycles. The highest BCUT2D eigenvalue weighted by Crippen LogP contribution is 2.41. The van der Waals surface area contributed by atoms with Gasteiger partial charge in [0.15, 0.2) is 28.7 Å². The van der Waals surface area contributed by atoms with E-state index < -0.39 is 35.4 Å². The molecule has 0 unspecified atom stereocenters. The number of phenols is 5. The van der Waals surface area contributed by atoms with E-state index in [4.69, 9.17) is 5.11 Å². The molecule has 2 rings (SSSR count). The fraction of sp³-hybridized carbons (Fsp3) is 0.0769. The molecule has 19 heavy (non-hydrogen) atoms. The van der Waals surface area contributed by atoms with Crippen molar-refractivity contribution >= 4 is 0 Å². The molecule has 2 aromatic rings. The molecule has 0 amide bonds. The van der Waals surface area contributed by atoms with Gasteiger partial charge in [-0.05, 0) is 35.4 Å². The Morgan fingerprint density at radius 2 is 1.05 bits per heavy atom. The first kappa shape index (κ1) is 12.8. The third-order valence-electron chi connectivity index (χ3n) is 2.74. The average Bonchev–Trinajstić information content (AvgIpc) is 2.38. The van der Waals surface area contributed by atoms with Crippen molar-refractivity contribution in [2.45, 2.75) is 6.61 Å². The SMILES string of the molecule is OCc1cc(-c2cc(O)c(O)c(O)c2)cc(O)c1O. The molecule has 0 radical (unpaired) electrons. The molecule has 0 aromatic heterocycles. The van der Waals surface area contributed by atoms with E-state index in [1.54, 1.807) is 0 Å². The van der Waals surface area contributed by atoms with Gasteiger partial charge in [0.2, 0.25) is 0 Å². The first-order valence-electron chi connectivity index (χ1n) is 5.35. The number of aromatic hydroxyl groups is 5. The summed E-state index contributed by atoms with van der Waals surface area (Å²) in [6.45, 7) is -0.483. The van der Waals surface area contributed by atoms with Crippen LogP contribution in [-0.4, -0.2) is 30.6 Å². The Hall–Kier alpha value is -2.60. The Labute approximate surface area is 108 Å². The van der Waals surface area contributed by atoms with Crippen molar-refractivity contribution < 1.29 is 30.6 Å². The van der Waals surface area contributed by atoms with Gasteiger partial charge < -0.3 is 30.6 Å². The lowest BCUT2D eigenvalue weighted by Crippen LogP contribution is -1.88. The van der Waals surface area contributed by atoms with Crippen LogP contribution in [0.15, 0.2) is 24.3 Å². The van der Waals surface area contributed by atoms with E-state index >= 15 is 0 Å². The third-order valence-corrected chi connectivity index (χ3v) is 2.74. The predicted octanol–water partition coefficient (Wildman–Crippen LogP) is 1.37. The number of benzene rings is 2. The highest BCUT2D eigenvalue weighted by molar-refractivity contribution is 5.73. The van der Waals surface area contributed by atoms with Crippen LogP contribution in [0.25, 0.3) is 11.1 Å². The highest BCUT2D eigenvalue weighted by atomic mass is 16.3. The number of hydrogen-bond donors (Lipinski definition) is 6. The minimum atomic E-state index is -0.644. The van der Waals surface area contributed by atoms with Crippen LogP contribution in [-0.2, 0) is 6.61 Å². The third kappa shape index (κ3) is 2.21. The molecular weight excluding hydrogens is 252 g/mol. The summed E-state index contributed by atoms with van der Waals surface area (Å²) >= 11 is 0. The quantitative estimate of drug-likeness (QED) is 0.456. The Morgan fingerprint density at radius 3 is 1.53 bits per heavy atom. The zero-order chi connectivity index (χ0) is 14.2. The van der Waals surface area contributed by atoms with E-state index in [2.05, 4.69) is 0 Å². The summed E-state index contributed by atoms with van der Waals surface area (Å²) in [6, 6.07) is 4.96. The normalized spacial score (nSPS) is 10.6. The Morgan fingerprint density at radius 1 is 0.632 bits per heavy atom. The molecule has 0 atom stereocenters. The number of phenolic OH excluding ortho intramolecular Hbond substituents is 4. The van der Waals surface area contributed by atoms with Crippen LogP contribution in [0.5, 0.6) is 28.7 Å². The minimum Gasteiger partial charge on any atom is -0.504 e. The van der Waals surface area contributed by atoms with Crippen LogP contribution in [0.3, 0.4) is 0 Å². The van der Waals surface area contributed by atoms with Crippen molar-refractivity contribution in [3.63, 3.8) is 0 Å². The summed E-state index contributed by atoms with van der Waals surface area (Å²) in [5, 5.41) is 56.2. The predicted molar refractivity (Wildman–Crippen MR) is 66.1 cm³/mol. The number of hydrogen-bond acceptors (Lipinski definition) is 6. The molecule has 100 valence electrons. The zero-order valence-electron chi connectivity index (χ0n) is 9.70. The second kappa shape index (κ2) is 4.58. The van der Waals surface area contributed by atoms with Gasteiger partial charge in [-0.15, -0.1) is 0 Å². The lowest BCUT2D eigenvalue weighted by molar-refractivity contribution is 0.273. The average molecular weight is 264 g/mol. The van der Waals surface area contributed by atoms with Gasteiger partial charge in [0.05, 0.1) is 6.61 Å². The maximum absolute atomic E-state index is 9.53. The molecule has 0 saturated carbocycles. The van der Waals surface area contributed by atoms with Crippen LogP contribution in [0.1, 0.15) is 5.56 Å². The van der Waals surface area contributed by atoms with Crippen molar-refractivity contribution in [2.75, 3.05) is 0 Å². The highest BCUT2D eigenvalue weighted by Gasteiger charge is 2.13. The molecule has 0 saturated heterocycles. The molecule has 6 heteroatoms. The Kier molecular flexibility index (Phi) is 3.10. The van der Waals surface area contributed by atoms with Gasteiger partial charge in [-0.2, -0.15) is 0 Å². The standard InChI is InChI=1S/C13H12O6/c14-5-8-1-6(2-9(15)12(8)18)7-3-10(16)13(19)11(17)4-7/h1-4,14-19H,5H2. The lowest BCUT2D eigenvalue weighted by atomic mass is 10.0. The van der Waals surface area contributed by atoms with Crippen molar-refractivity contribution in [1.29, 1.82) is 0 Å². The van der Waals surface area contributed by atoms with Gasteiger partial charge in [0.25, 0.3) is 0 Å². The van der Waals surface area contributed by atoms with E-state index in [-0.39, 0.29) is 5.56 Å². The summed E-state index contributed by atoms with van der Waals surface area (Å²) < 4.78 is 0. The van der Waals surface area contributed by atoms with Crippen molar-refractivity contribution in [1.82, 2.24) is 0 Å². The van der Waals surface area contributed by atoms with Crippen LogP contribution < -0.4 is 0 Å². The number of aliphatic hydroxyl groups excluding tert-OH is 1. The van der Waals surface area contributed by atoms with Crippen LogP contribution >= 0.6 is 0 Å². The van der Waals surface area contributed by atoms with Crippen LogP contribution in [0, 0.1) is 0 Å². The largest absolute Gasteiger partial charge is 0.504 e. The monoisotopic (exact) mass is 264 g/mol. The second-order valence-corrected chi connectivity index (χ2v) is 4.02. The fourth-order valence-corrected chi connectivity index (χ4v) is 1.74. The van der Waals surface area contributed by atoms with E-state index in [1.807, 2.05) is 0 Å². The molecule has 0 aliphatic rings. The van der Waals surface area contributed by atoms with Crippen molar-refractivity contribution in [3.05, 3.63) is 29.8 Å². The van der Waals surface area contributed by atoms with Gasteiger partial charge in [-0.25, -0.2) is 0 Å². The molecule has 0 spiro atoms. The van der Waals surface area contributed by atoms with Crippen LogP contribution in [0.4, 0.5) is 0 Å². The number of aliphatic hydroxyl groups is 1. The summed E-state index contributed by atoms with van der Waals surface area (Å²) in [4.78, 5) is 0. The Bertz CT molecular complexity index is 612. The van der Waals surface area contributed by atoms with Crippen LogP contribution in [0.2, 0.25) is 0 Å². The van der Waals surface area contributed by atoms with Gasteiger partial charge in [-0.1, -0.05) is 0 Å². The first-order valence-corrected chi connectivity index (χ1v) is 5.35. The molecule has 6 nitrogen and oxygen atoms in total. The molecule has 6 N–H and O–H groups in total. The van der Waals surface area contributed by atoms with Gasteiger partial charge in [-0.3, -0.25) is 0 Å². The van der Waals surface area contributed by atoms with E-state index in [9.17, 15) is 25.5 Å². The maximum Gasteiger partial charge on any atom is 0.200 e. The summed E-state index contributed by atoms with van der Waals surface area (Å²) in [7, 11) is 0. The molecule has 0 aliphatic carbocycles. The smallest absolute Gasteiger partial charge is 0.200 e. The van der Waals surface area contributed by atoms with Gasteiger partial charge in [0.1, 0.15) is 0 Å². The van der Waals surface area contributed by atoms with E-state index in [0.717, 1.165) is 0 Å². The number of rotatable bonds is 2. The van der Waals surface area contributed by atoms with Gasteiger partial charge >= 0.3 is 0 Å². The summed E-state index contributed by atoms with van der Waals surface area (Å²) in [5.41, 5.74) is 0.754. The minimum absolute atomic E-state index is 0.0991.